The van der Waals surface area contributed by atoms with Crippen molar-refractivity contribution in [1.82, 2.24) is 0 Å². The van der Waals surface area contributed by atoms with Crippen LogP contribution in [-0.2, 0) is 0 Å². The van der Waals surface area contributed by atoms with Crippen molar-refractivity contribution < 1.29 is 9.68 Å². The van der Waals surface area contributed by atoms with E-state index in [-0.39, 0.29) is 0 Å². The van der Waals surface area contributed by atoms with E-state index in [1.54, 1.807) is 0 Å². The third kappa shape index (κ3) is 5.56. The van der Waals surface area contributed by atoms with E-state index in [4.69, 9.17) is 4.65 Å². The topological polar surface area (TPSA) is 32.3 Å². The lowest BCUT2D eigenvalue weighted by Crippen LogP contribution is -2.38. The van der Waals surface area contributed by atoms with Crippen LogP contribution in [0, 0.1) is 0 Å². The Labute approximate surface area is 271 Å². The summed E-state index contributed by atoms with van der Waals surface area (Å²) in [5.41, 5.74) is 0. The molecule has 0 unspecified atom stereocenters. The van der Waals surface area contributed by atoms with Gasteiger partial charge in [0.05, 0.1) is 0 Å². The van der Waals surface area contributed by atoms with Gasteiger partial charge in [-0.1, -0.05) is 121 Å². The highest BCUT2D eigenvalue weighted by Crippen LogP contribution is 2.54. The summed E-state index contributed by atoms with van der Waals surface area (Å²) in [7, 11) is -1.42. The molecule has 0 aliphatic heterocycles. The maximum atomic E-state index is 10.7. The van der Waals surface area contributed by atoms with E-state index in [0.717, 1.165) is 21.5 Å². The SMILES string of the molecule is [O-][B]Oc1cccc2ccc3cc4ccccc4cc3c12.c1ccc([P+](c2ccccc2)(c2ccccc2)c2ccccc2)cc1. The first-order chi connectivity index (χ1) is 22.8. The van der Waals surface area contributed by atoms with Crippen molar-refractivity contribution in [1.29, 1.82) is 0 Å². The van der Waals surface area contributed by atoms with E-state index >= 15 is 0 Å². The number of fused-ring (bicyclic) bond motifs is 4. The summed E-state index contributed by atoms with van der Waals surface area (Å²) in [6.45, 7) is 0. The Balaban J connectivity index is 0.000000149. The van der Waals surface area contributed by atoms with Crippen LogP contribution in [-0.4, -0.2) is 7.69 Å². The van der Waals surface area contributed by atoms with Crippen LogP contribution in [0.25, 0.3) is 32.3 Å². The third-order valence-corrected chi connectivity index (χ3v) is 12.7. The summed E-state index contributed by atoms with van der Waals surface area (Å²) in [5, 5.41) is 23.0. The molecule has 0 N–H and O–H groups in total. The summed E-state index contributed by atoms with van der Waals surface area (Å²) >= 11 is 0. The Morgan fingerprint density at radius 3 is 1.28 bits per heavy atom. The van der Waals surface area contributed by atoms with Crippen LogP contribution in [0.2, 0.25) is 0 Å². The van der Waals surface area contributed by atoms with Crippen LogP contribution < -0.4 is 30.9 Å². The van der Waals surface area contributed by atoms with Crippen LogP contribution in [0.3, 0.4) is 0 Å². The van der Waals surface area contributed by atoms with Gasteiger partial charge in [-0.05, 0) is 93.7 Å². The molecule has 219 valence electrons. The molecule has 8 rings (SSSR count). The van der Waals surface area contributed by atoms with Gasteiger partial charge in [0.2, 0.25) is 7.69 Å². The highest BCUT2D eigenvalue weighted by Gasteiger charge is 2.47. The Hall–Kier alpha value is -5.21. The van der Waals surface area contributed by atoms with Gasteiger partial charge in [-0.3, -0.25) is 0 Å². The van der Waals surface area contributed by atoms with Crippen LogP contribution in [0.1, 0.15) is 0 Å². The molecule has 0 aromatic heterocycles. The molecule has 0 saturated carbocycles. The van der Waals surface area contributed by atoms with Crippen molar-refractivity contribution in [2.45, 2.75) is 0 Å². The molecule has 2 nitrogen and oxygen atoms in total. The van der Waals surface area contributed by atoms with Crippen molar-refractivity contribution >= 4 is 68.5 Å². The van der Waals surface area contributed by atoms with E-state index in [0.29, 0.717) is 13.4 Å². The highest BCUT2D eigenvalue weighted by atomic mass is 31.2. The lowest BCUT2D eigenvalue weighted by molar-refractivity contribution is -0.198. The first-order valence-corrected chi connectivity index (χ1v) is 17.1. The van der Waals surface area contributed by atoms with Crippen molar-refractivity contribution in [3.8, 4) is 5.75 Å². The Bertz CT molecular complexity index is 2040. The predicted octanol–water partition coefficient (Wildman–Crippen LogP) is 7.73. The molecule has 0 atom stereocenters. The van der Waals surface area contributed by atoms with E-state index in [1.165, 1.54) is 32.0 Å². The molecule has 0 aliphatic rings. The second-order valence-electron chi connectivity index (χ2n) is 11.1. The molecule has 0 aliphatic carbocycles. The minimum absolute atomic E-state index is 0.481. The number of hydrogen-bond donors (Lipinski definition) is 0. The molecule has 8 aromatic carbocycles. The standard InChI is InChI=1S/C24H20P.C18H11BO2/c1-5-13-21(14-6-1)25(22-15-7-2-8-16-22,23-17-9-3-10-18-23)24-19-11-4-12-20-24;20-19-21-17-7-3-6-12-8-9-15-10-13-4-1-2-5-14(13)11-16(15)18(12)17/h1-20H;1-11H/q+1;-1. The van der Waals surface area contributed by atoms with Gasteiger partial charge in [0.25, 0.3) is 0 Å². The van der Waals surface area contributed by atoms with Gasteiger partial charge in [0.1, 0.15) is 34.2 Å². The molecule has 0 saturated heterocycles. The molecule has 0 fully saturated rings. The fourth-order valence-electron chi connectivity index (χ4n) is 6.42. The van der Waals surface area contributed by atoms with Crippen molar-refractivity contribution in [3.63, 3.8) is 0 Å². The third-order valence-electron chi connectivity index (χ3n) is 8.44. The summed E-state index contributed by atoms with van der Waals surface area (Å²) < 4.78 is 5.16. The molecular weight excluding hydrogens is 578 g/mol. The first kappa shape index (κ1) is 29.5. The second-order valence-corrected chi connectivity index (χ2v) is 14.5. The van der Waals surface area contributed by atoms with E-state index in [2.05, 4.69) is 158 Å². The number of rotatable bonds is 6. The quantitative estimate of drug-likeness (QED) is 0.0837. The van der Waals surface area contributed by atoms with Crippen molar-refractivity contribution in [2.75, 3.05) is 0 Å². The monoisotopic (exact) mass is 609 g/mol. The molecule has 0 heterocycles. The normalized spacial score (nSPS) is 11.2. The Kier molecular flexibility index (Phi) is 8.61. The maximum absolute atomic E-state index is 10.7. The molecule has 4 heteroatoms. The van der Waals surface area contributed by atoms with Gasteiger partial charge in [0.15, 0.2) is 0 Å². The lowest BCUT2D eigenvalue weighted by atomic mass is 9.97. The zero-order valence-electron chi connectivity index (χ0n) is 25.2. The minimum atomic E-state index is -1.91. The summed E-state index contributed by atoms with van der Waals surface area (Å²) in [4.78, 5) is 0. The van der Waals surface area contributed by atoms with Gasteiger partial charge < -0.3 is 9.68 Å². The van der Waals surface area contributed by atoms with Gasteiger partial charge in [-0.15, -0.1) is 0 Å². The minimum Gasteiger partial charge on any atom is -0.850 e. The first-order valence-electron chi connectivity index (χ1n) is 15.3. The average molecular weight is 609 g/mol. The molecule has 46 heavy (non-hydrogen) atoms. The van der Waals surface area contributed by atoms with Gasteiger partial charge >= 0.3 is 0 Å². The van der Waals surface area contributed by atoms with Crippen molar-refractivity contribution in [2.24, 2.45) is 0 Å². The smallest absolute Gasteiger partial charge is 0.244 e. The summed E-state index contributed by atoms with van der Waals surface area (Å²) in [6, 6.07) is 66.3. The summed E-state index contributed by atoms with van der Waals surface area (Å²) in [6.07, 6.45) is 0. The fourth-order valence-corrected chi connectivity index (χ4v) is 10.7. The van der Waals surface area contributed by atoms with E-state index < -0.39 is 7.26 Å². The molecule has 0 amide bonds. The summed E-state index contributed by atoms with van der Waals surface area (Å²) in [5.74, 6) is 0.600. The molecule has 0 spiro atoms. The predicted molar refractivity (Wildman–Crippen MR) is 197 cm³/mol. The number of benzene rings is 8. The largest absolute Gasteiger partial charge is 0.850 e. The zero-order chi connectivity index (χ0) is 31.2. The van der Waals surface area contributed by atoms with Crippen LogP contribution >= 0.6 is 7.26 Å². The Morgan fingerprint density at radius 1 is 0.391 bits per heavy atom. The van der Waals surface area contributed by atoms with Crippen LogP contribution in [0.15, 0.2) is 188 Å². The Morgan fingerprint density at radius 2 is 0.804 bits per heavy atom. The molecule has 8 aromatic rings. The fraction of sp³-hybridized carbons (Fsp3) is 0. The molecule has 0 bridgehead atoms. The van der Waals surface area contributed by atoms with Crippen LogP contribution in [0.4, 0.5) is 0 Å². The van der Waals surface area contributed by atoms with Crippen LogP contribution in [0.5, 0.6) is 5.75 Å². The maximum Gasteiger partial charge on any atom is 0.244 e. The second kappa shape index (κ2) is 13.4. The van der Waals surface area contributed by atoms with Gasteiger partial charge in [-0.25, -0.2) is 0 Å². The van der Waals surface area contributed by atoms with Gasteiger partial charge in [0, 0.05) is 5.39 Å². The van der Waals surface area contributed by atoms with Crippen molar-refractivity contribution in [3.05, 3.63) is 188 Å². The molecule has 1 radical (unpaired) electrons. The van der Waals surface area contributed by atoms with Gasteiger partial charge in [-0.2, -0.15) is 0 Å². The van der Waals surface area contributed by atoms with E-state index in [1.807, 2.05) is 30.3 Å². The average Bonchev–Trinajstić information content (AvgIpc) is 3.13. The number of hydrogen-bond acceptors (Lipinski definition) is 2. The zero-order valence-corrected chi connectivity index (χ0v) is 26.1. The molecular formula is C42H31BO2P. The lowest BCUT2D eigenvalue weighted by Gasteiger charge is -2.27. The van der Waals surface area contributed by atoms with E-state index in [9.17, 15) is 5.02 Å². The highest BCUT2D eigenvalue weighted by molar-refractivity contribution is 8.01.